The molecule has 120 valence electrons. The third-order valence-electron chi connectivity index (χ3n) is 3.19. The molecule has 9 heteroatoms. The topological polar surface area (TPSA) is 119 Å². The smallest absolute Gasteiger partial charge is 0.326 e. The Kier molecular flexibility index (Phi) is 5.28. The molecule has 9 nitrogen and oxygen atoms in total. The highest BCUT2D eigenvalue weighted by Gasteiger charge is 2.30. The van der Waals surface area contributed by atoms with Crippen LogP contribution in [0.3, 0.4) is 0 Å². The summed E-state index contributed by atoms with van der Waals surface area (Å²) >= 11 is 0. The molecule has 0 saturated carbocycles. The van der Waals surface area contributed by atoms with E-state index in [9.17, 15) is 19.7 Å². The molecule has 1 rings (SSSR count). The van der Waals surface area contributed by atoms with Gasteiger partial charge in [-0.25, -0.2) is 4.79 Å². The molecule has 1 aromatic rings. The highest BCUT2D eigenvalue weighted by Crippen LogP contribution is 2.35. The van der Waals surface area contributed by atoms with Gasteiger partial charge in [-0.2, -0.15) is 0 Å². The number of aliphatic carboxylic acids is 1. The average molecular weight is 312 g/mol. The first-order chi connectivity index (χ1) is 10.2. The number of carboxylic acid groups (broad SMARTS) is 1. The van der Waals surface area contributed by atoms with Crippen LogP contribution in [0.5, 0.6) is 11.5 Å². The lowest BCUT2D eigenvalue weighted by atomic mass is 10.1. The van der Waals surface area contributed by atoms with Crippen LogP contribution in [0, 0.1) is 10.1 Å². The Balaban J connectivity index is 3.41. The van der Waals surface area contributed by atoms with E-state index in [-0.39, 0.29) is 17.1 Å². The SMILES string of the molecule is COc1cc(C(=O)N(C)C(C)C(=O)O)c([N+](=O)[O-])cc1OC. The second kappa shape index (κ2) is 6.74. The molecule has 1 unspecified atom stereocenters. The van der Waals surface area contributed by atoms with Crippen LogP contribution in [-0.4, -0.2) is 54.1 Å². The number of amides is 1. The number of carbonyl (C=O) groups is 2. The van der Waals surface area contributed by atoms with Crippen LogP contribution in [-0.2, 0) is 4.79 Å². The summed E-state index contributed by atoms with van der Waals surface area (Å²) in [6.07, 6.45) is 0. The number of hydrogen-bond acceptors (Lipinski definition) is 6. The Morgan fingerprint density at radius 2 is 1.77 bits per heavy atom. The fourth-order valence-electron chi connectivity index (χ4n) is 1.72. The minimum absolute atomic E-state index is 0.0969. The van der Waals surface area contributed by atoms with Crippen molar-refractivity contribution in [3.05, 3.63) is 27.8 Å². The van der Waals surface area contributed by atoms with Crippen LogP contribution < -0.4 is 9.47 Å². The maximum Gasteiger partial charge on any atom is 0.326 e. The van der Waals surface area contributed by atoms with Crippen molar-refractivity contribution in [1.29, 1.82) is 0 Å². The van der Waals surface area contributed by atoms with Crippen LogP contribution in [0.1, 0.15) is 17.3 Å². The summed E-state index contributed by atoms with van der Waals surface area (Å²) < 4.78 is 9.97. The predicted octanol–water partition coefficient (Wildman–Crippen LogP) is 1.16. The van der Waals surface area contributed by atoms with Crippen molar-refractivity contribution in [2.75, 3.05) is 21.3 Å². The molecular formula is C13H16N2O7. The van der Waals surface area contributed by atoms with E-state index in [0.29, 0.717) is 0 Å². The summed E-state index contributed by atoms with van der Waals surface area (Å²) in [6.45, 7) is 1.30. The zero-order valence-corrected chi connectivity index (χ0v) is 12.5. The Labute approximate surface area is 126 Å². The number of methoxy groups -OCH3 is 2. The van der Waals surface area contributed by atoms with Gasteiger partial charge in [0.1, 0.15) is 11.6 Å². The molecular weight excluding hydrogens is 296 g/mol. The summed E-state index contributed by atoms with van der Waals surface area (Å²) in [5, 5.41) is 20.1. The summed E-state index contributed by atoms with van der Waals surface area (Å²) in [5.74, 6) is -1.80. The van der Waals surface area contributed by atoms with E-state index in [1.807, 2.05) is 0 Å². The largest absolute Gasteiger partial charge is 0.493 e. The minimum atomic E-state index is -1.22. The van der Waals surface area contributed by atoms with Gasteiger partial charge < -0.3 is 19.5 Å². The van der Waals surface area contributed by atoms with Gasteiger partial charge in [0.05, 0.1) is 25.2 Å². The fourth-order valence-corrected chi connectivity index (χ4v) is 1.72. The molecule has 0 saturated heterocycles. The first-order valence-electron chi connectivity index (χ1n) is 6.15. The molecule has 0 aliphatic heterocycles. The standard InChI is InChI=1S/C13H16N2O7/c1-7(13(17)18)14(2)12(16)8-5-10(21-3)11(22-4)6-9(8)15(19)20/h5-7H,1-4H3,(H,17,18). The second-order valence-electron chi connectivity index (χ2n) is 4.41. The van der Waals surface area contributed by atoms with Crippen molar-refractivity contribution in [1.82, 2.24) is 4.90 Å². The first-order valence-corrected chi connectivity index (χ1v) is 6.15. The molecule has 1 atom stereocenters. The van der Waals surface area contributed by atoms with Crippen LogP contribution >= 0.6 is 0 Å². The molecule has 0 radical (unpaired) electrons. The number of likely N-dealkylation sites (N-methyl/N-ethyl adjacent to an activating group) is 1. The number of benzene rings is 1. The monoisotopic (exact) mass is 312 g/mol. The van der Waals surface area contributed by atoms with Crippen LogP contribution in [0.4, 0.5) is 5.69 Å². The predicted molar refractivity (Wildman–Crippen MR) is 75.4 cm³/mol. The first kappa shape index (κ1) is 17.2. The lowest BCUT2D eigenvalue weighted by Crippen LogP contribution is -2.40. The normalized spacial score (nSPS) is 11.5. The van der Waals surface area contributed by atoms with Gasteiger partial charge in [0.2, 0.25) is 0 Å². The number of ether oxygens (including phenoxy) is 2. The van der Waals surface area contributed by atoms with E-state index < -0.39 is 28.5 Å². The molecule has 0 bridgehead atoms. The van der Waals surface area contributed by atoms with Gasteiger partial charge in [0, 0.05) is 13.1 Å². The Morgan fingerprint density at radius 3 is 2.18 bits per heavy atom. The van der Waals surface area contributed by atoms with Crippen LogP contribution in [0.2, 0.25) is 0 Å². The maximum absolute atomic E-state index is 12.3. The Bertz CT molecular complexity index is 615. The van der Waals surface area contributed by atoms with Crippen molar-refractivity contribution in [3.63, 3.8) is 0 Å². The van der Waals surface area contributed by atoms with Gasteiger partial charge in [0.25, 0.3) is 11.6 Å². The Hall–Kier alpha value is -2.84. The highest BCUT2D eigenvalue weighted by atomic mass is 16.6. The highest BCUT2D eigenvalue weighted by molar-refractivity contribution is 6.00. The van der Waals surface area contributed by atoms with E-state index in [1.54, 1.807) is 0 Å². The van der Waals surface area contributed by atoms with Crippen molar-refractivity contribution in [2.24, 2.45) is 0 Å². The van der Waals surface area contributed by atoms with Crippen molar-refractivity contribution in [3.8, 4) is 11.5 Å². The van der Waals surface area contributed by atoms with Crippen LogP contribution in [0.25, 0.3) is 0 Å². The lowest BCUT2D eigenvalue weighted by Gasteiger charge is -2.21. The number of nitrogens with zero attached hydrogens (tertiary/aromatic N) is 2. The zero-order chi connectivity index (χ0) is 17.0. The van der Waals surface area contributed by atoms with Gasteiger partial charge in [0.15, 0.2) is 11.5 Å². The van der Waals surface area contributed by atoms with Gasteiger partial charge in [-0.05, 0) is 6.92 Å². The van der Waals surface area contributed by atoms with E-state index in [0.717, 1.165) is 17.0 Å². The minimum Gasteiger partial charge on any atom is -0.493 e. The molecule has 1 aromatic carbocycles. The summed E-state index contributed by atoms with van der Waals surface area (Å²) in [4.78, 5) is 34.6. The van der Waals surface area contributed by atoms with Gasteiger partial charge in [-0.15, -0.1) is 0 Å². The van der Waals surface area contributed by atoms with Crippen molar-refractivity contribution in [2.45, 2.75) is 13.0 Å². The molecule has 0 aliphatic carbocycles. The quantitative estimate of drug-likeness (QED) is 0.618. The number of nitro benzene ring substituents is 1. The summed E-state index contributed by atoms with van der Waals surface area (Å²) in [7, 11) is 3.88. The van der Waals surface area contributed by atoms with Crippen molar-refractivity contribution < 1.29 is 29.1 Å². The molecule has 22 heavy (non-hydrogen) atoms. The number of carbonyl (C=O) groups excluding carboxylic acids is 1. The van der Waals surface area contributed by atoms with Gasteiger partial charge in [-0.1, -0.05) is 0 Å². The zero-order valence-electron chi connectivity index (χ0n) is 12.5. The molecule has 0 spiro atoms. The number of rotatable bonds is 6. The van der Waals surface area contributed by atoms with Gasteiger partial charge >= 0.3 is 5.97 Å². The molecule has 1 amide bonds. The average Bonchev–Trinajstić information content (AvgIpc) is 2.50. The van der Waals surface area contributed by atoms with E-state index in [4.69, 9.17) is 14.6 Å². The lowest BCUT2D eigenvalue weighted by molar-refractivity contribution is -0.385. The summed E-state index contributed by atoms with van der Waals surface area (Å²) in [5.41, 5.74) is -0.773. The van der Waals surface area contributed by atoms with E-state index in [2.05, 4.69) is 0 Å². The third-order valence-corrected chi connectivity index (χ3v) is 3.19. The number of hydrogen-bond donors (Lipinski definition) is 1. The van der Waals surface area contributed by atoms with Crippen molar-refractivity contribution >= 4 is 17.6 Å². The molecule has 1 N–H and O–H groups in total. The summed E-state index contributed by atoms with van der Waals surface area (Å²) in [6, 6.07) is 1.08. The third kappa shape index (κ3) is 3.25. The fraction of sp³-hybridized carbons (Fsp3) is 0.385. The molecule has 0 fully saturated rings. The number of carboxylic acids is 1. The maximum atomic E-state index is 12.3. The van der Waals surface area contributed by atoms with Gasteiger partial charge in [-0.3, -0.25) is 14.9 Å². The van der Waals surface area contributed by atoms with E-state index >= 15 is 0 Å². The second-order valence-corrected chi connectivity index (χ2v) is 4.41. The molecule has 0 aliphatic rings. The molecule has 0 aromatic heterocycles. The van der Waals surface area contributed by atoms with E-state index in [1.165, 1.54) is 28.2 Å². The van der Waals surface area contributed by atoms with Crippen LogP contribution in [0.15, 0.2) is 12.1 Å². The molecule has 0 heterocycles. The Morgan fingerprint density at radius 1 is 1.27 bits per heavy atom. The number of nitro groups is 1.